The normalized spacial score (nSPS) is 11.4. The number of aryl methyl sites for hydroxylation is 1. The number of thioether (sulfide) groups is 1. The first kappa shape index (κ1) is 23.6. The van der Waals surface area contributed by atoms with Gasteiger partial charge in [0.05, 0.1) is 23.5 Å². The topological polar surface area (TPSA) is 119 Å². The zero-order valence-corrected chi connectivity index (χ0v) is 20.2. The SMILES string of the molecule is Cc1ccc(S(=O)(=O)Nc2ccc(-c3nnc(SCC(=O)NCc4ccco4)n3C)cc2)cc1. The molecule has 34 heavy (non-hydrogen) atoms. The molecule has 0 saturated heterocycles. The monoisotopic (exact) mass is 497 g/mol. The number of amides is 1. The Kier molecular flexibility index (Phi) is 7.03. The van der Waals surface area contributed by atoms with E-state index >= 15 is 0 Å². The average molecular weight is 498 g/mol. The van der Waals surface area contributed by atoms with E-state index in [0.29, 0.717) is 29.0 Å². The van der Waals surface area contributed by atoms with Gasteiger partial charge in [0, 0.05) is 18.3 Å². The summed E-state index contributed by atoms with van der Waals surface area (Å²) < 4.78 is 34.7. The minimum absolute atomic E-state index is 0.142. The van der Waals surface area contributed by atoms with Gasteiger partial charge in [0.25, 0.3) is 10.0 Å². The summed E-state index contributed by atoms with van der Waals surface area (Å²) >= 11 is 1.27. The molecule has 0 fully saturated rings. The van der Waals surface area contributed by atoms with Crippen LogP contribution in [0.1, 0.15) is 11.3 Å². The number of nitrogens with zero attached hydrogens (tertiary/aromatic N) is 3. The fourth-order valence-electron chi connectivity index (χ4n) is 3.09. The number of anilines is 1. The third-order valence-corrected chi connectivity index (χ3v) is 7.35. The summed E-state index contributed by atoms with van der Waals surface area (Å²) in [4.78, 5) is 12.3. The van der Waals surface area contributed by atoms with Gasteiger partial charge in [-0.3, -0.25) is 9.52 Å². The molecule has 0 saturated carbocycles. The molecule has 0 unspecified atom stereocenters. The van der Waals surface area contributed by atoms with E-state index in [1.54, 1.807) is 71.5 Å². The van der Waals surface area contributed by atoms with E-state index < -0.39 is 10.0 Å². The van der Waals surface area contributed by atoms with Crippen molar-refractivity contribution in [2.45, 2.75) is 23.5 Å². The second-order valence-corrected chi connectivity index (χ2v) is 10.1. The molecular formula is C23H23N5O4S2. The van der Waals surface area contributed by atoms with Crippen molar-refractivity contribution in [1.82, 2.24) is 20.1 Å². The van der Waals surface area contributed by atoms with Crippen molar-refractivity contribution < 1.29 is 17.6 Å². The summed E-state index contributed by atoms with van der Waals surface area (Å²) in [5, 5.41) is 11.8. The number of rotatable bonds is 9. The Morgan fingerprint density at radius 3 is 2.47 bits per heavy atom. The minimum atomic E-state index is -3.68. The first-order chi connectivity index (χ1) is 16.3. The van der Waals surface area contributed by atoms with E-state index in [2.05, 4.69) is 20.2 Å². The Morgan fingerprint density at radius 1 is 1.06 bits per heavy atom. The Bertz CT molecular complexity index is 1360. The molecule has 0 radical (unpaired) electrons. The molecular weight excluding hydrogens is 474 g/mol. The summed E-state index contributed by atoms with van der Waals surface area (Å²) in [5.74, 6) is 1.33. The predicted molar refractivity (Wildman–Crippen MR) is 130 cm³/mol. The number of sulfonamides is 1. The molecule has 176 valence electrons. The van der Waals surface area contributed by atoms with Crippen LogP contribution in [-0.2, 0) is 28.4 Å². The van der Waals surface area contributed by atoms with Gasteiger partial charge in [-0.25, -0.2) is 8.42 Å². The van der Waals surface area contributed by atoms with Crippen LogP contribution in [0, 0.1) is 6.92 Å². The van der Waals surface area contributed by atoms with Gasteiger partial charge >= 0.3 is 0 Å². The standard InChI is InChI=1S/C23H23N5O4S2/c1-16-5-11-20(12-6-16)34(30,31)27-18-9-7-17(8-10-18)22-25-26-23(28(22)2)33-15-21(29)24-14-19-4-3-13-32-19/h3-13,27H,14-15H2,1-2H3,(H,24,29). The molecule has 2 aromatic heterocycles. The summed E-state index contributed by atoms with van der Waals surface area (Å²) in [6.45, 7) is 2.23. The summed E-state index contributed by atoms with van der Waals surface area (Å²) in [6.07, 6.45) is 1.56. The minimum Gasteiger partial charge on any atom is -0.467 e. The number of furan rings is 1. The lowest BCUT2D eigenvalue weighted by Gasteiger charge is -2.09. The van der Waals surface area contributed by atoms with E-state index in [1.807, 2.05) is 14.0 Å². The molecule has 0 bridgehead atoms. The number of nitrogens with one attached hydrogen (secondary N) is 2. The zero-order valence-electron chi connectivity index (χ0n) is 18.6. The number of carbonyl (C=O) groups excluding carboxylic acids is 1. The molecule has 2 aromatic carbocycles. The van der Waals surface area contributed by atoms with Crippen molar-refractivity contribution in [3.05, 3.63) is 78.3 Å². The lowest BCUT2D eigenvalue weighted by atomic mass is 10.2. The maximum absolute atomic E-state index is 12.6. The van der Waals surface area contributed by atoms with Gasteiger partial charge in [0.2, 0.25) is 5.91 Å². The second kappa shape index (κ2) is 10.1. The molecule has 0 aliphatic heterocycles. The van der Waals surface area contributed by atoms with Crippen molar-refractivity contribution in [1.29, 1.82) is 0 Å². The van der Waals surface area contributed by atoms with Gasteiger partial charge in [-0.15, -0.1) is 10.2 Å². The van der Waals surface area contributed by atoms with E-state index in [0.717, 1.165) is 11.1 Å². The van der Waals surface area contributed by atoms with Crippen LogP contribution in [0.25, 0.3) is 11.4 Å². The van der Waals surface area contributed by atoms with Gasteiger partial charge in [0.1, 0.15) is 5.76 Å². The Morgan fingerprint density at radius 2 is 1.79 bits per heavy atom. The quantitative estimate of drug-likeness (QED) is 0.339. The highest BCUT2D eigenvalue weighted by Gasteiger charge is 2.16. The number of carbonyl (C=O) groups is 1. The van der Waals surface area contributed by atoms with Crippen LogP contribution in [0.15, 0.2) is 81.4 Å². The highest BCUT2D eigenvalue weighted by atomic mass is 32.2. The van der Waals surface area contributed by atoms with Gasteiger partial charge in [0.15, 0.2) is 11.0 Å². The van der Waals surface area contributed by atoms with Gasteiger partial charge in [-0.1, -0.05) is 29.5 Å². The van der Waals surface area contributed by atoms with Gasteiger partial charge < -0.3 is 14.3 Å². The van der Waals surface area contributed by atoms with Gasteiger partial charge in [-0.05, 0) is 55.5 Å². The molecule has 0 spiro atoms. The van der Waals surface area contributed by atoms with Crippen LogP contribution in [-0.4, -0.2) is 34.8 Å². The van der Waals surface area contributed by atoms with E-state index in [1.165, 1.54) is 11.8 Å². The average Bonchev–Trinajstić information content (AvgIpc) is 3.47. The summed E-state index contributed by atoms with van der Waals surface area (Å²) in [7, 11) is -1.86. The molecule has 0 atom stereocenters. The second-order valence-electron chi connectivity index (χ2n) is 7.51. The number of hydrogen-bond acceptors (Lipinski definition) is 7. The molecule has 11 heteroatoms. The van der Waals surface area contributed by atoms with Crippen LogP contribution < -0.4 is 10.0 Å². The Balaban J connectivity index is 1.37. The highest BCUT2D eigenvalue weighted by Crippen LogP contribution is 2.25. The van der Waals surface area contributed by atoms with Gasteiger partial charge in [-0.2, -0.15) is 0 Å². The maximum Gasteiger partial charge on any atom is 0.261 e. The van der Waals surface area contributed by atoms with E-state index in [9.17, 15) is 13.2 Å². The van der Waals surface area contributed by atoms with E-state index in [-0.39, 0.29) is 16.6 Å². The van der Waals surface area contributed by atoms with Crippen LogP contribution in [0.3, 0.4) is 0 Å². The van der Waals surface area contributed by atoms with E-state index in [4.69, 9.17) is 4.42 Å². The lowest BCUT2D eigenvalue weighted by molar-refractivity contribution is -0.118. The Hall–Kier alpha value is -3.57. The smallest absolute Gasteiger partial charge is 0.261 e. The predicted octanol–water partition coefficient (Wildman–Crippen LogP) is 3.59. The first-order valence-electron chi connectivity index (χ1n) is 10.3. The van der Waals surface area contributed by atoms with Crippen molar-refractivity contribution >= 4 is 33.4 Å². The first-order valence-corrected chi connectivity index (χ1v) is 12.8. The molecule has 4 rings (SSSR count). The van der Waals surface area contributed by atoms with Crippen molar-refractivity contribution in [2.75, 3.05) is 10.5 Å². The van der Waals surface area contributed by atoms with Crippen molar-refractivity contribution in [2.24, 2.45) is 7.05 Å². The highest BCUT2D eigenvalue weighted by molar-refractivity contribution is 7.99. The molecule has 0 aliphatic carbocycles. The molecule has 2 heterocycles. The van der Waals surface area contributed by atoms with Crippen LogP contribution >= 0.6 is 11.8 Å². The van der Waals surface area contributed by atoms with Crippen LogP contribution in [0.4, 0.5) is 5.69 Å². The van der Waals surface area contributed by atoms with Crippen molar-refractivity contribution in [3.63, 3.8) is 0 Å². The summed E-state index contributed by atoms with van der Waals surface area (Å²) in [6, 6.07) is 17.1. The van der Waals surface area contributed by atoms with Crippen molar-refractivity contribution in [3.8, 4) is 11.4 Å². The van der Waals surface area contributed by atoms with Crippen LogP contribution in [0.2, 0.25) is 0 Å². The molecule has 9 nitrogen and oxygen atoms in total. The number of hydrogen-bond donors (Lipinski definition) is 2. The Labute approximate surface area is 201 Å². The molecule has 0 aliphatic rings. The summed E-state index contributed by atoms with van der Waals surface area (Å²) in [5.41, 5.74) is 2.19. The molecule has 4 aromatic rings. The third-order valence-electron chi connectivity index (χ3n) is 4.93. The maximum atomic E-state index is 12.6. The lowest BCUT2D eigenvalue weighted by Crippen LogP contribution is -2.24. The molecule has 1 amide bonds. The number of benzene rings is 2. The largest absolute Gasteiger partial charge is 0.467 e. The fourth-order valence-corrected chi connectivity index (χ4v) is 4.89. The van der Waals surface area contributed by atoms with Crippen LogP contribution in [0.5, 0.6) is 0 Å². The molecule has 2 N–H and O–H groups in total. The zero-order chi connectivity index (χ0) is 24.1. The fraction of sp³-hybridized carbons (Fsp3) is 0.174. The third kappa shape index (κ3) is 5.67. The number of aromatic nitrogens is 3.